The van der Waals surface area contributed by atoms with Crippen LogP contribution >= 0.6 is 0 Å². The largest absolute Gasteiger partial charge is 0.417 e. The van der Waals surface area contributed by atoms with E-state index in [1.54, 1.807) is 0 Å². The third-order valence-corrected chi connectivity index (χ3v) is 8.43. The molecule has 2 aliphatic rings. The normalized spacial score (nSPS) is 21.1. The fourth-order valence-electron chi connectivity index (χ4n) is 4.95. The first kappa shape index (κ1) is 24.8. The molecule has 8 heteroatoms. The monoisotopic (exact) mass is 492 g/mol. The first-order chi connectivity index (χ1) is 16.2. The third kappa shape index (κ3) is 6.21. The molecule has 184 valence electrons. The van der Waals surface area contributed by atoms with Crippen molar-refractivity contribution in [3.8, 4) is 0 Å². The maximum Gasteiger partial charge on any atom is 0.417 e. The highest BCUT2D eigenvalue weighted by Gasteiger charge is 2.37. The number of nitrogens with one attached hydrogen (secondary N) is 2. The molecule has 0 bridgehead atoms. The van der Waals surface area contributed by atoms with Crippen LogP contribution < -0.4 is 10.0 Å². The van der Waals surface area contributed by atoms with Crippen LogP contribution in [0.1, 0.15) is 48.8 Å². The number of hydrogen-bond donors (Lipinski definition) is 2. The molecule has 1 atom stereocenters. The molecule has 0 heterocycles. The van der Waals surface area contributed by atoms with Gasteiger partial charge in [0.15, 0.2) is 0 Å². The average Bonchev–Trinajstić information content (AvgIpc) is 2.83. The molecular weight excluding hydrogens is 461 g/mol. The summed E-state index contributed by atoms with van der Waals surface area (Å²) in [5.41, 5.74) is 3.10. The van der Waals surface area contributed by atoms with Gasteiger partial charge in [-0.2, -0.15) is 13.2 Å². The van der Waals surface area contributed by atoms with Gasteiger partial charge in [0, 0.05) is 13.1 Å². The van der Waals surface area contributed by atoms with E-state index in [0.29, 0.717) is 5.92 Å². The summed E-state index contributed by atoms with van der Waals surface area (Å²) < 4.78 is 67.1. The Balaban J connectivity index is 1.23. The van der Waals surface area contributed by atoms with Crippen molar-refractivity contribution < 1.29 is 21.6 Å². The van der Waals surface area contributed by atoms with Crippen molar-refractivity contribution in [3.05, 3.63) is 77.0 Å². The van der Waals surface area contributed by atoms with Crippen LogP contribution in [0.4, 0.5) is 13.2 Å². The second kappa shape index (κ2) is 10.5. The van der Waals surface area contributed by atoms with Gasteiger partial charge in [0.1, 0.15) is 0 Å². The van der Waals surface area contributed by atoms with Crippen molar-refractivity contribution in [3.63, 3.8) is 0 Å². The Kier molecular flexibility index (Phi) is 7.67. The van der Waals surface area contributed by atoms with Gasteiger partial charge in [-0.1, -0.05) is 42.0 Å². The predicted octanol–water partition coefficient (Wildman–Crippen LogP) is 5.45. The highest BCUT2D eigenvalue weighted by Crippen LogP contribution is 2.34. The molecule has 4 rings (SSSR count). The summed E-state index contributed by atoms with van der Waals surface area (Å²) in [5.74, 6) is 0.733. The molecular formula is C26H31F3N2O2S. The Morgan fingerprint density at radius 3 is 2.24 bits per heavy atom. The van der Waals surface area contributed by atoms with Gasteiger partial charge in [0.2, 0.25) is 10.0 Å². The molecule has 2 aromatic carbocycles. The zero-order valence-electron chi connectivity index (χ0n) is 19.1. The Morgan fingerprint density at radius 1 is 0.853 bits per heavy atom. The van der Waals surface area contributed by atoms with Crippen LogP contribution in [-0.4, -0.2) is 21.5 Å². The molecule has 0 aliphatic heterocycles. The van der Waals surface area contributed by atoms with E-state index < -0.39 is 26.7 Å². The van der Waals surface area contributed by atoms with Crippen molar-refractivity contribution in [1.82, 2.24) is 10.0 Å². The summed E-state index contributed by atoms with van der Waals surface area (Å²) >= 11 is 0. The predicted molar refractivity (Wildman–Crippen MR) is 127 cm³/mol. The van der Waals surface area contributed by atoms with Gasteiger partial charge < -0.3 is 5.32 Å². The van der Waals surface area contributed by atoms with Crippen molar-refractivity contribution in [1.29, 1.82) is 0 Å². The number of fused-ring (bicyclic) bond motifs is 1. The summed E-state index contributed by atoms with van der Waals surface area (Å²) in [6.07, 6.45) is 4.17. The molecule has 1 saturated carbocycles. The van der Waals surface area contributed by atoms with Gasteiger partial charge in [-0.3, -0.25) is 0 Å². The molecule has 34 heavy (non-hydrogen) atoms. The van der Waals surface area contributed by atoms with Crippen molar-refractivity contribution in [2.24, 2.45) is 11.8 Å². The van der Waals surface area contributed by atoms with Gasteiger partial charge in [-0.15, -0.1) is 0 Å². The second-order valence-electron chi connectivity index (χ2n) is 9.38. The summed E-state index contributed by atoms with van der Waals surface area (Å²) in [6, 6.07) is 12.9. The molecule has 1 unspecified atom stereocenters. The maximum atomic E-state index is 13.2. The van der Waals surface area contributed by atoms with E-state index >= 15 is 0 Å². The molecule has 0 amide bonds. The molecule has 0 radical (unpaired) electrons. The Labute approximate surface area is 199 Å². The quantitative estimate of drug-likeness (QED) is 0.540. The lowest BCUT2D eigenvalue weighted by Gasteiger charge is -2.26. The van der Waals surface area contributed by atoms with Crippen LogP contribution in [-0.2, 0) is 29.0 Å². The highest BCUT2D eigenvalue weighted by molar-refractivity contribution is 7.89. The number of allylic oxidation sites excluding steroid dienone is 1. The molecule has 0 aromatic heterocycles. The van der Waals surface area contributed by atoms with Gasteiger partial charge in [0.25, 0.3) is 0 Å². The fourth-order valence-corrected chi connectivity index (χ4v) is 6.30. The molecule has 2 aromatic rings. The zero-order chi connectivity index (χ0) is 24.2. The smallest absolute Gasteiger partial charge is 0.391 e. The molecule has 0 saturated heterocycles. The minimum absolute atomic E-state index is 0.111. The third-order valence-electron chi connectivity index (χ3n) is 6.95. The number of halogens is 3. The summed E-state index contributed by atoms with van der Waals surface area (Å²) in [6.45, 7) is 1.09. The number of rotatable bonds is 7. The second-order valence-corrected chi connectivity index (χ2v) is 11.1. The molecule has 1 fully saturated rings. The van der Waals surface area contributed by atoms with Crippen LogP contribution in [0.3, 0.4) is 0 Å². The van der Waals surface area contributed by atoms with Crippen LogP contribution in [0.25, 0.3) is 0 Å². The summed E-state index contributed by atoms with van der Waals surface area (Å²) in [4.78, 5) is -0.714. The minimum atomic E-state index is -4.72. The number of benzene rings is 2. The van der Waals surface area contributed by atoms with Crippen molar-refractivity contribution in [2.75, 3.05) is 13.1 Å². The Hall–Kier alpha value is -2.32. The lowest BCUT2D eigenvalue weighted by molar-refractivity contribution is -0.139. The number of aryl methyl sites for hydroxylation is 1. The number of hydrogen-bond acceptors (Lipinski definition) is 3. The molecule has 2 aliphatic carbocycles. The lowest BCUT2D eigenvalue weighted by atomic mass is 9.84. The Bertz CT molecular complexity index is 1120. The van der Waals surface area contributed by atoms with E-state index in [0.717, 1.165) is 57.2 Å². The standard InChI is InChI=1S/C26H31F3N2O2S/c27-26(28,29)24-7-3-4-8-25(24)34(32,33)31-18-20-11-9-19(10-12-20)16-30-17-21-13-14-22-5-1-2-6-23(22)15-21/h1-8,16,20-21,30-31H,9-15,17-18H2. The molecule has 0 spiro atoms. The zero-order valence-corrected chi connectivity index (χ0v) is 19.9. The first-order valence-corrected chi connectivity index (χ1v) is 13.3. The SMILES string of the molecule is O=S(=O)(NCC1CCC(=CNCC2CCc3ccccc3C2)CC1)c1ccccc1C(F)(F)F. The van der Waals surface area contributed by atoms with Crippen LogP contribution in [0, 0.1) is 11.8 Å². The first-order valence-electron chi connectivity index (χ1n) is 11.9. The maximum absolute atomic E-state index is 13.2. The Morgan fingerprint density at radius 2 is 1.50 bits per heavy atom. The van der Waals surface area contributed by atoms with E-state index in [9.17, 15) is 21.6 Å². The lowest BCUT2D eigenvalue weighted by Crippen LogP contribution is -2.32. The van der Waals surface area contributed by atoms with Crippen molar-refractivity contribution >= 4 is 10.0 Å². The fraction of sp³-hybridized carbons (Fsp3) is 0.462. The number of sulfonamides is 1. The average molecular weight is 493 g/mol. The number of alkyl halides is 3. The summed E-state index contributed by atoms with van der Waals surface area (Å²) in [7, 11) is -4.23. The van der Waals surface area contributed by atoms with Gasteiger partial charge in [-0.05, 0) is 86.2 Å². The van der Waals surface area contributed by atoms with E-state index in [4.69, 9.17) is 0 Å². The molecule has 2 N–H and O–H groups in total. The van der Waals surface area contributed by atoms with Crippen LogP contribution in [0.5, 0.6) is 0 Å². The summed E-state index contributed by atoms with van der Waals surface area (Å²) in [5, 5.41) is 3.49. The molecule has 4 nitrogen and oxygen atoms in total. The van der Waals surface area contributed by atoms with E-state index in [1.165, 1.54) is 35.3 Å². The van der Waals surface area contributed by atoms with E-state index in [2.05, 4.69) is 40.5 Å². The van der Waals surface area contributed by atoms with Crippen molar-refractivity contribution in [2.45, 2.75) is 56.0 Å². The highest BCUT2D eigenvalue weighted by atomic mass is 32.2. The van der Waals surface area contributed by atoms with E-state index in [-0.39, 0.29) is 12.5 Å². The van der Waals surface area contributed by atoms with E-state index in [1.807, 2.05) is 0 Å². The van der Waals surface area contributed by atoms with Crippen LogP contribution in [0.2, 0.25) is 0 Å². The van der Waals surface area contributed by atoms with Gasteiger partial charge in [-0.25, -0.2) is 13.1 Å². The topological polar surface area (TPSA) is 58.2 Å². The minimum Gasteiger partial charge on any atom is -0.391 e. The van der Waals surface area contributed by atoms with Crippen LogP contribution in [0.15, 0.2) is 65.2 Å². The van der Waals surface area contributed by atoms with Gasteiger partial charge in [0.05, 0.1) is 10.5 Å². The van der Waals surface area contributed by atoms with Gasteiger partial charge >= 0.3 is 6.18 Å².